The van der Waals surface area contributed by atoms with E-state index in [1.54, 1.807) is 0 Å². The molecule has 1 aromatic carbocycles. The van der Waals surface area contributed by atoms with E-state index in [0.717, 1.165) is 31.2 Å². The third-order valence-electron chi connectivity index (χ3n) is 5.54. The Hall–Kier alpha value is -1.02. The van der Waals surface area contributed by atoms with Crippen molar-refractivity contribution in [1.82, 2.24) is 0 Å². The van der Waals surface area contributed by atoms with Gasteiger partial charge in [-0.1, -0.05) is 73.4 Å². The van der Waals surface area contributed by atoms with E-state index in [0.29, 0.717) is 12.2 Å². The lowest BCUT2D eigenvalue weighted by Crippen LogP contribution is -2.25. The van der Waals surface area contributed by atoms with Gasteiger partial charge in [0.15, 0.2) is 0 Å². The molecule has 1 atom stereocenters. The molecule has 0 aliphatic carbocycles. The Bertz CT molecular complexity index is 575. The Balaban J connectivity index is 3.20. The number of ether oxygens (including phenoxy) is 1. The van der Waals surface area contributed by atoms with Crippen LogP contribution < -0.4 is 4.74 Å². The van der Waals surface area contributed by atoms with Crippen LogP contribution in [0.2, 0.25) is 0 Å². The fourth-order valence-electron chi connectivity index (χ4n) is 2.64. The monoisotopic (exact) mass is 366 g/mol. The molecule has 0 bridgehead atoms. The van der Waals surface area contributed by atoms with Gasteiger partial charge in [-0.15, -0.1) is 11.6 Å². The number of hydrogen-bond acceptors (Lipinski definition) is 2. The third-order valence-corrected chi connectivity index (χ3v) is 5.93. The first kappa shape index (κ1) is 22.0. The molecule has 1 rings (SSSR count). The second-order valence-electron chi connectivity index (χ2n) is 8.22. The predicted molar refractivity (Wildman–Crippen MR) is 108 cm³/mol. The Morgan fingerprint density at radius 3 is 2.20 bits per heavy atom. The highest BCUT2D eigenvalue weighted by molar-refractivity contribution is 6.30. The molecule has 142 valence electrons. The van der Waals surface area contributed by atoms with Gasteiger partial charge in [-0.25, -0.2) is 0 Å². The van der Waals surface area contributed by atoms with E-state index in [4.69, 9.17) is 16.3 Å². The zero-order valence-corrected chi connectivity index (χ0v) is 17.8. The molecule has 0 amide bonds. The SMILES string of the molecule is CCCCC(Cl)C(=O)Oc1ccc(C(C)(C)CC)cc1C(C)(C)CC. The fraction of sp³-hybridized carbons (Fsp3) is 0.682. The Morgan fingerprint density at radius 2 is 1.68 bits per heavy atom. The first-order valence-electron chi connectivity index (χ1n) is 9.59. The molecule has 0 aliphatic heterocycles. The minimum absolute atomic E-state index is 0.0688. The van der Waals surface area contributed by atoms with Crippen molar-refractivity contribution in [3.05, 3.63) is 29.3 Å². The van der Waals surface area contributed by atoms with Gasteiger partial charge in [-0.05, 0) is 41.7 Å². The van der Waals surface area contributed by atoms with Gasteiger partial charge in [-0.3, -0.25) is 4.79 Å². The molecule has 25 heavy (non-hydrogen) atoms. The summed E-state index contributed by atoms with van der Waals surface area (Å²) in [6.45, 7) is 15.3. The van der Waals surface area contributed by atoms with Gasteiger partial charge in [0, 0.05) is 5.56 Å². The summed E-state index contributed by atoms with van der Waals surface area (Å²) in [5.74, 6) is 0.306. The van der Waals surface area contributed by atoms with Gasteiger partial charge in [0.25, 0.3) is 0 Å². The second-order valence-corrected chi connectivity index (χ2v) is 8.74. The number of hydrogen-bond donors (Lipinski definition) is 0. The van der Waals surface area contributed by atoms with Crippen LogP contribution in [0.15, 0.2) is 18.2 Å². The molecule has 0 aliphatic rings. The summed E-state index contributed by atoms with van der Waals surface area (Å²) in [5, 5.41) is -0.579. The van der Waals surface area contributed by atoms with Crippen LogP contribution in [0, 0.1) is 0 Å². The van der Waals surface area contributed by atoms with Gasteiger partial charge in [-0.2, -0.15) is 0 Å². The molecule has 0 radical (unpaired) electrons. The van der Waals surface area contributed by atoms with E-state index in [1.807, 2.05) is 6.07 Å². The van der Waals surface area contributed by atoms with E-state index >= 15 is 0 Å². The van der Waals surface area contributed by atoms with Crippen molar-refractivity contribution in [2.75, 3.05) is 0 Å². The number of carbonyl (C=O) groups excluding carboxylic acids is 1. The van der Waals surface area contributed by atoms with Crippen LogP contribution in [0.25, 0.3) is 0 Å². The predicted octanol–water partition coefficient (Wildman–Crippen LogP) is 6.76. The number of alkyl halides is 1. The smallest absolute Gasteiger partial charge is 0.329 e. The van der Waals surface area contributed by atoms with Crippen molar-refractivity contribution in [3.8, 4) is 5.75 Å². The van der Waals surface area contributed by atoms with Gasteiger partial charge in [0.05, 0.1) is 0 Å². The van der Waals surface area contributed by atoms with Crippen LogP contribution in [-0.2, 0) is 15.6 Å². The molecule has 0 fully saturated rings. The average Bonchev–Trinajstić information content (AvgIpc) is 2.59. The first-order chi connectivity index (χ1) is 11.6. The Kier molecular flexibility index (Phi) is 7.99. The number of benzene rings is 1. The summed E-state index contributed by atoms with van der Waals surface area (Å²) in [5.41, 5.74) is 2.39. The lowest BCUT2D eigenvalue weighted by Gasteiger charge is -2.30. The molecule has 0 heterocycles. The highest BCUT2D eigenvalue weighted by Gasteiger charge is 2.28. The van der Waals surface area contributed by atoms with Gasteiger partial charge < -0.3 is 4.74 Å². The van der Waals surface area contributed by atoms with E-state index in [1.165, 1.54) is 5.56 Å². The molecule has 0 saturated carbocycles. The highest BCUT2D eigenvalue weighted by Crippen LogP contribution is 2.38. The normalized spacial score (nSPS) is 13.6. The third kappa shape index (κ3) is 5.74. The summed E-state index contributed by atoms with van der Waals surface area (Å²) >= 11 is 6.21. The van der Waals surface area contributed by atoms with Crippen LogP contribution in [0.4, 0.5) is 0 Å². The second kappa shape index (κ2) is 9.07. The van der Waals surface area contributed by atoms with Crippen molar-refractivity contribution in [2.24, 2.45) is 0 Å². The molecule has 0 aromatic heterocycles. The molecular weight excluding hydrogens is 332 g/mol. The Morgan fingerprint density at radius 1 is 1.08 bits per heavy atom. The molecule has 2 nitrogen and oxygen atoms in total. The summed E-state index contributed by atoms with van der Waals surface area (Å²) in [7, 11) is 0. The number of halogens is 1. The first-order valence-corrected chi connectivity index (χ1v) is 10.0. The highest BCUT2D eigenvalue weighted by atomic mass is 35.5. The van der Waals surface area contributed by atoms with E-state index in [9.17, 15) is 4.79 Å². The maximum atomic E-state index is 12.4. The summed E-state index contributed by atoms with van der Waals surface area (Å²) < 4.78 is 5.72. The molecule has 0 spiro atoms. The largest absolute Gasteiger partial charge is 0.425 e. The summed E-state index contributed by atoms with van der Waals surface area (Å²) in [6.07, 6.45) is 4.63. The standard InChI is InChI=1S/C22H35ClO2/c1-8-11-12-18(23)20(24)25-19-14-13-16(21(4,5)9-2)15-17(19)22(6,7)10-3/h13-15,18H,8-12H2,1-7H3. The summed E-state index contributed by atoms with van der Waals surface area (Å²) in [4.78, 5) is 12.4. The molecule has 0 N–H and O–H groups in total. The maximum absolute atomic E-state index is 12.4. The van der Waals surface area contributed by atoms with Crippen LogP contribution >= 0.6 is 11.6 Å². The topological polar surface area (TPSA) is 26.3 Å². The quantitative estimate of drug-likeness (QED) is 0.274. The number of carbonyl (C=O) groups is 1. The van der Waals surface area contributed by atoms with E-state index in [2.05, 4.69) is 60.6 Å². The van der Waals surface area contributed by atoms with Crippen molar-refractivity contribution < 1.29 is 9.53 Å². The van der Waals surface area contributed by atoms with Crippen molar-refractivity contribution in [3.63, 3.8) is 0 Å². The van der Waals surface area contributed by atoms with E-state index in [-0.39, 0.29) is 16.8 Å². The zero-order valence-electron chi connectivity index (χ0n) is 17.0. The average molecular weight is 367 g/mol. The molecular formula is C22H35ClO2. The van der Waals surface area contributed by atoms with Crippen LogP contribution in [-0.4, -0.2) is 11.3 Å². The Labute approximate surface area is 159 Å². The lowest BCUT2D eigenvalue weighted by atomic mass is 9.76. The van der Waals surface area contributed by atoms with Crippen LogP contribution in [0.5, 0.6) is 5.75 Å². The van der Waals surface area contributed by atoms with Crippen molar-refractivity contribution in [1.29, 1.82) is 0 Å². The fourth-order valence-corrected chi connectivity index (χ4v) is 2.84. The maximum Gasteiger partial charge on any atom is 0.329 e. The number of rotatable bonds is 9. The van der Waals surface area contributed by atoms with Gasteiger partial charge in [0.1, 0.15) is 11.1 Å². The lowest BCUT2D eigenvalue weighted by molar-refractivity contribution is -0.134. The number of unbranched alkanes of at least 4 members (excludes halogenated alkanes) is 1. The van der Waals surface area contributed by atoms with Gasteiger partial charge >= 0.3 is 5.97 Å². The zero-order chi connectivity index (χ0) is 19.3. The van der Waals surface area contributed by atoms with Crippen molar-refractivity contribution in [2.45, 2.75) is 96.8 Å². The molecule has 0 saturated heterocycles. The minimum Gasteiger partial charge on any atom is -0.425 e. The van der Waals surface area contributed by atoms with E-state index < -0.39 is 5.38 Å². The number of esters is 1. The molecule has 3 heteroatoms. The van der Waals surface area contributed by atoms with Crippen LogP contribution in [0.1, 0.15) is 91.7 Å². The minimum atomic E-state index is -0.579. The molecule has 1 aromatic rings. The van der Waals surface area contributed by atoms with Crippen molar-refractivity contribution >= 4 is 17.6 Å². The van der Waals surface area contributed by atoms with Gasteiger partial charge in [0.2, 0.25) is 0 Å². The molecule has 1 unspecified atom stereocenters. The summed E-state index contributed by atoms with van der Waals surface area (Å²) in [6, 6.07) is 6.24. The van der Waals surface area contributed by atoms with Crippen LogP contribution in [0.3, 0.4) is 0 Å².